The van der Waals surface area contributed by atoms with Crippen LogP contribution in [0.3, 0.4) is 0 Å². The number of para-hydroxylation sites is 1. The summed E-state index contributed by atoms with van der Waals surface area (Å²) in [6.45, 7) is 7.99. The molecule has 1 aromatic heterocycles. The van der Waals surface area contributed by atoms with Gasteiger partial charge in [0.15, 0.2) is 0 Å². The van der Waals surface area contributed by atoms with E-state index in [0.717, 1.165) is 60.4 Å². The Morgan fingerprint density at radius 2 is 1.76 bits per heavy atom. The predicted octanol–water partition coefficient (Wildman–Crippen LogP) is 3.39. The first-order valence-corrected chi connectivity index (χ1v) is 11.4. The van der Waals surface area contributed by atoms with Crippen molar-refractivity contribution in [2.24, 2.45) is 0 Å². The van der Waals surface area contributed by atoms with E-state index in [2.05, 4.69) is 14.8 Å². The first-order valence-electron chi connectivity index (χ1n) is 11.4. The number of hydrogen-bond donors (Lipinski definition) is 1. The van der Waals surface area contributed by atoms with E-state index in [4.69, 9.17) is 9.72 Å². The molecule has 1 aliphatic heterocycles. The van der Waals surface area contributed by atoms with Crippen LogP contribution in [0.25, 0.3) is 0 Å². The Morgan fingerprint density at radius 3 is 2.48 bits per heavy atom. The van der Waals surface area contributed by atoms with Crippen LogP contribution in [0.2, 0.25) is 0 Å². The van der Waals surface area contributed by atoms with Crippen LogP contribution in [0.5, 0.6) is 5.75 Å². The fourth-order valence-electron chi connectivity index (χ4n) is 4.24. The molecule has 2 heterocycles. The standard InChI is InChI=1S/C26H31FN4O2/c1-19-25(16-21-7-6-8-22(27)15-21)26(29-20(2)28-19)31-13-11-30(12-14-31)17-23(32)18-33-24-9-4-3-5-10-24/h3-10,15,23,32H,11-14,16-18H2,1-2H3. The van der Waals surface area contributed by atoms with Gasteiger partial charge >= 0.3 is 0 Å². The molecule has 1 N–H and O–H groups in total. The summed E-state index contributed by atoms with van der Waals surface area (Å²) in [5, 5.41) is 10.4. The van der Waals surface area contributed by atoms with Crippen molar-refractivity contribution in [1.29, 1.82) is 0 Å². The molecule has 1 unspecified atom stereocenters. The topological polar surface area (TPSA) is 61.7 Å². The Kier molecular flexibility index (Phi) is 7.52. The second-order valence-corrected chi connectivity index (χ2v) is 8.53. The molecule has 0 saturated carbocycles. The largest absolute Gasteiger partial charge is 0.491 e. The number of piperazine rings is 1. The van der Waals surface area contributed by atoms with Crippen LogP contribution in [0.15, 0.2) is 54.6 Å². The lowest BCUT2D eigenvalue weighted by atomic mass is 10.0. The molecule has 0 amide bonds. The maximum Gasteiger partial charge on any atom is 0.136 e. The summed E-state index contributed by atoms with van der Waals surface area (Å²) < 4.78 is 19.4. The molecule has 3 aromatic rings. The van der Waals surface area contributed by atoms with Crippen molar-refractivity contribution in [3.8, 4) is 5.75 Å². The Bertz CT molecular complexity index is 1060. The molecule has 7 heteroatoms. The van der Waals surface area contributed by atoms with Gasteiger partial charge in [-0.15, -0.1) is 0 Å². The highest BCUT2D eigenvalue weighted by Crippen LogP contribution is 2.25. The number of aliphatic hydroxyl groups is 1. The summed E-state index contributed by atoms with van der Waals surface area (Å²) >= 11 is 0. The van der Waals surface area contributed by atoms with Crippen LogP contribution in [0.1, 0.15) is 22.6 Å². The number of β-amino-alcohol motifs (C(OH)–C–C–N with tert-alkyl or cyclic N) is 1. The molecule has 1 atom stereocenters. The first-order chi connectivity index (χ1) is 16.0. The van der Waals surface area contributed by atoms with Crippen molar-refractivity contribution in [3.63, 3.8) is 0 Å². The number of ether oxygens (including phenoxy) is 1. The van der Waals surface area contributed by atoms with Gasteiger partial charge in [0.1, 0.15) is 35.9 Å². The molecule has 4 rings (SSSR count). The fourth-order valence-corrected chi connectivity index (χ4v) is 4.24. The van der Waals surface area contributed by atoms with Gasteiger partial charge in [-0.25, -0.2) is 14.4 Å². The Balaban J connectivity index is 1.37. The zero-order chi connectivity index (χ0) is 23.2. The van der Waals surface area contributed by atoms with Crippen molar-refractivity contribution in [2.45, 2.75) is 26.4 Å². The van der Waals surface area contributed by atoms with E-state index in [-0.39, 0.29) is 12.4 Å². The average Bonchev–Trinajstić information content (AvgIpc) is 2.81. The first kappa shape index (κ1) is 23.1. The van der Waals surface area contributed by atoms with Crippen LogP contribution >= 0.6 is 0 Å². The van der Waals surface area contributed by atoms with E-state index in [1.54, 1.807) is 12.1 Å². The molecule has 174 valence electrons. The lowest BCUT2D eigenvalue weighted by molar-refractivity contribution is 0.0662. The van der Waals surface area contributed by atoms with Crippen LogP contribution in [-0.2, 0) is 6.42 Å². The van der Waals surface area contributed by atoms with E-state index in [1.807, 2.05) is 50.2 Å². The Morgan fingerprint density at radius 1 is 1.00 bits per heavy atom. The van der Waals surface area contributed by atoms with Crippen LogP contribution in [0.4, 0.5) is 10.2 Å². The Hall–Kier alpha value is -3.03. The number of anilines is 1. The lowest BCUT2D eigenvalue weighted by Crippen LogP contribution is -2.49. The highest BCUT2D eigenvalue weighted by Gasteiger charge is 2.23. The van der Waals surface area contributed by atoms with Gasteiger partial charge in [0.05, 0.1) is 0 Å². The predicted molar refractivity (Wildman–Crippen MR) is 127 cm³/mol. The zero-order valence-corrected chi connectivity index (χ0v) is 19.2. The lowest BCUT2D eigenvalue weighted by Gasteiger charge is -2.37. The minimum absolute atomic E-state index is 0.233. The fraction of sp³-hybridized carbons (Fsp3) is 0.385. The second-order valence-electron chi connectivity index (χ2n) is 8.53. The minimum Gasteiger partial charge on any atom is -0.491 e. The van der Waals surface area contributed by atoms with Crippen molar-refractivity contribution in [3.05, 3.63) is 83.1 Å². The summed E-state index contributed by atoms with van der Waals surface area (Å²) in [5.41, 5.74) is 2.88. The van der Waals surface area contributed by atoms with E-state index in [1.165, 1.54) is 6.07 Å². The van der Waals surface area contributed by atoms with Gasteiger partial charge in [-0.1, -0.05) is 30.3 Å². The number of nitrogens with zero attached hydrogens (tertiary/aromatic N) is 4. The number of halogens is 1. The molecule has 0 bridgehead atoms. The average molecular weight is 451 g/mol. The van der Waals surface area contributed by atoms with E-state index in [9.17, 15) is 9.50 Å². The molecule has 6 nitrogen and oxygen atoms in total. The van der Waals surface area contributed by atoms with E-state index >= 15 is 0 Å². The number of aromatic nitrogens is 2. The highest BCUT2D eigenvalue weighted by molar-refractivity contribution is 5.51. The minimum atomic E-state index is -0.552. The molecule has 2 aromatic carbocycles. The smallest absolute Gasteiger partial charge is 0.136 e. The number of benzene rings is 2. The number of rotatable bonds is 8. The molecule has 0 radical (unpaired) electrons. The number of hydrogen-bond acceptors (Lipinski definition) is 6. The third-order valence-corrected chi connectivity index (χ3v) is 5.90. The maximum absolute atomic E-state index is 13.7. The SMILES string of the molecule is Cc1nc(C)c(Cc2cccc(F)c2)c(N2CCN(CC(O)COc3ccccc3)CC2)n1. The highest BCUT2D eigenvalue weighted by atomic mass is 19.1. The van der Waals surface area contributed by atoms with Gasteiger partial charge in [0, 0.05) is 50.4 Å². The van der Waals surface area contributed by atoms with Crippen molar-refractivity contribution < 1.29 is 14.2 Å². The second kappa shape index (κ2) is 10.7. The van der Waals surface area contributed by atoms with E-state index < -0.39 is 6.10 Å². The quantitative estimate of drug-likeness (QED) is 0.568. The summed E-state index contributed by atoms with van der Waals surface area (Å²) in [7, 11) is 0. The zero-order valence-electron chi connectivity index (χ0n) is 19.2. The van der Waals surface area contributed by atoms with Gasteiger partial charge in [0.25, 0.3) is 0 Å². The third-order valence-electron chi connectivity index (χ3n) is 5.90. The van der Waals surface area contributed by atoms with Crippen molar-refractivity contribution >= 4 is 5.82 Å². The van der Waals surface area contributed by atoms with Gasteiger partial charge in [-0.3, -0.25) is 4.90 Å². The summed E-state index contributed by atoms with van der Waals surface area (Å²) in [4.78, 5) is 13.8. The number of aryl methyl sites for hydroxylation is 2. The molecular weight excluding hydrogens is 419 g/mol. The van der Waals surface area contributed by atoms with Gasteiger partial charge in [-0.2, -0.15) is 0 Å². The van der Waals surface area contributed by atoms with Crippen LogP contribution < -0.4 is 9.64 Å². The van der Waals surface area contributed by atoms with Gasteiger partial charge in [0.2, 0.25) is 0 Å². The summed E-state index contributed by atoms with van der Waals surface area (Å²) in [6, 6.07) is 16.2. The van der Waals surface area contributed by atoms with Gasteiger partial charge < -0.3 is 14.7 Å². The third kappa shape index (κ3) is 6.27. The maximum atomic E-state index is 13.7. The number of aliphatic hydroxyl groups excluding tert-OH is 1. The molecule has 1 fully saturated rings. The Labute approximate surface area is 194 Å². The molecule has 1 saturated heterocycles. The van der Waals surface area contributed by atoms with Crippen LogP contribution in [-0.4, -0.2) is 65.4 Å². The molecule has 1 aliphatic rings. The molecule has 0 aliphatic carbocycles. The summed E-state index contributed by atoms with van der Waals surface area (Å²) in [6.07, 6.45) is 0.0402. The van der Waals surface area contributed by atoms with Crippen molar-refractivity contribution in [2.75, 3.05) is 44.2 Å². The molecule has 33 heavy (non-hydrogen) atoms. The van der Waals surface area contributed by atoms with E-state index in [0.29, 0.717) is 13.0 Å². The monoisotopic (exact) mass is 450 g/mol. The van der Waals surface area contributed by atoms with Crippen LogP contribution in [0, 0.1) is 19.7 Å². The van der Waals surface area contributed by atoms with Crippen molar-refractivity contribution in [1.82, 2.24) is 14.9 Å². The summed E-state index contributed by atoms with van der Waals surface area (Å²) in [5.74, 6) is 2.20. The normalized spacial score (nSPS) is 15.5. The molecule has 0 spiro atoms. The molecular formula is C26H31FN4O2. The van der Waals surface area contributed by atoms with Gasteiger partial charge in [-0.05, 0) is 43.7 Å².